The fourth-order valence-corrected chi connectivity index (χ4v) is 1.96. The van der Waals surface area contributed by atoms with Gasteiger partial charge in [-0.05, 0) is 52.8 Å². The molecule has 0 N–H and O–H groups in total. The Bertz CT molecular complexity index is 534. The first-order valence-electron chi connectivity index (χ1n) is 7.97. The van der Waals surface area contributed by atoms with Crippen LogP contribution in [0.25, 0.3) is 6.08 Å². The Morgan fingerprint density at radius 1 is 1.00 bits per heavy atom. The van der Waals surface area contributed by atoms with Crippen LogP contribution >= 0.6 is 0 Å². The first-order valence-corrected chi connectivity index (χ1v) is 7.97. The molecular weight excluding hydrogens is 296 g/mol. The summed E-state index contributed by atoms with van der Waals surface area (Å²) >= 11 is 0. The van der Waals surface area contributed by atoms with Crippen molar-refractivity contribution in [3.63, 3.8) is 0 Å². The predicted molar refractivity (Wildman–Crippen MR) is 90.2 cm³/mol. The van der Waals surface area contributed by atoms with Crippen molar-refractivity contribution in [3.05, 3.63) is 23.8 Å². The van der Waals surface area contributed by atoms with Crippen LogP contribution in [0.1, 0.15) is 40.2 Å². The number of hydrogen-bond acceptors (Lipinski definition) is 5. The Morgan fingerprint density at radius 3 is 2.17 bits per heavy atom. The Morgan fingerprint density at radius 2 is 1.61 bits per heavy atom. The van der Waals surface area contributed by atoms with Crippen molar-refractivity contribution in [3.8, 4) is 17.2 Å². The van der Waals surface area contributed by atoms with Crippen LogP contribution in [-0.4, -0.2) is 31.9 Å². The number of ether oxygens (including phenoxy) is 4. The normalized spacial score (nSPS) is 10.9. The van der Waals surface area contributed by atoms with E-state index in [0.717, 1.165) is 5.56 Å². The van der Waals surface area contributed by atoms with Gasteiger partial charge in [0.25, 0.3) is 0 Å². The summed E-state index contributed by atoms with van der Waals surface area (Å²) in [6.45, 7) is 10.8. The molecule has 0 aromatic heterocycles. The third-order valence-corrected chi connectivity index (χ3v) is 2.73. The average molecular weight is 322 g/mol. The van der Waals surface area contributed by atoms with Crippen molar-refractivity contribution < 1.29 is 23.7 Å². The molecule has 0 amide bonds. The number of esters is 1. The lowest BCUT2D eigenvalue weighted by Crippen LogP contribution is -2.08. The second-order valence-electron chi connectivity index (χ2n) is 4.93. The van der Waals surface area contributed by atoms with Crippen LogP contribution in [-0.2, 0) is 9.53 Å². The summed E-state index contributed by atoms with van der Waals surface area (Å²) in [5, 5.41) is 0. The van der Waals surface area contributed by atoms with Gasteiger partial charge in [-0.1, -0.05) is 0 Å². The molecule has 1 rings (SSSR count). The summed E-state index contributed by atoms with van der Waals surface area (Å²) in [6.07, 6.45) is 2.89. The minimum absolute atomic E-state index is 0.155. The largest absolute Gasteiger partial charge is 0.490 e. The lowest BCUT2D eigenvalue weighted by atomic mass is 10.1. The molecule has 1 aromatic carbocycles. The van der Waals surface area contributed by atoms with Crippen LogP contribution in [0.3, 0.4) is 0 Å². The maximum atomic E-state index is 11.7. The maximum absolute atomic E-state index is 11.7. The third-order valence-electron chi connectivity index (χ3n) is 2.73. The molecule has 0 spiro atoms. The van der Waals surface area contributed by atoms with E-state index in [1.54, 1.807) is 19.9 Å². The smallest absolute Gasteiger partial charge is 0.331 e. The van der Waals surface area contributed by atoms with Gasteiger partial charge < -0.3 is 18.9 Å². The van der Waals surface area contributed by atoms with E-state index in [-0.39, 0.29) is 6.10 Å². The highest BCUT2D eigenvalue weighted by atomic mass is 16.5. The second-order valence-corrected chi connectivity index (χ2v) is 4.93. The molecule has 0 saturated carbocycles. The molecule has 0 radical (unpaired) electrons. The zero-order valence-corrected chi connectivity index (χ0v) is 14.5. The van der Waals surface area contributed by atoms with Gasteiger partial charge >= 0.3 is 5.97 Å². The van der Waals surface area contributed by atoms with Crippen LogP contribution in [0.5, 0.6) is 17.2 Å². The summed E-state index contributed by atoms with van der Waals surface area (Å²) in [5.74, 6) is 1.35. The Labute approximate surface area is 138 Å². The van der Waals surface area contributed by atoms with Crippen molar-refractivity contribution in [2.75, 3.05) is 19.8 Å². The quantitative estimate of drug-likeness (QED) is 0.510. The van der Waals surface area contributed by atoms with Gasteiger partial charge in [-0.15, -0.1) is 0 Å². The summed E-state index contributed by atoms with van der Waals surface area (Å²) in [5.41, 5.74) is 0.736. The summed E-state index contributed by atoms with van der Waals surface area (Å²) in [6, 6.07) is 3.64. The van der Waals surface area contributed by atoms with Gasteiger partial charge in [-0.2, -0.15) is 0 Å². The van der Waals surface area contributed by atoms with Gasteiger partial charge in [0, 0.05) is 11.6 Å². The van der Waals surface area contributed by atoms with Crippen LogP contribution in [0.4, 0.5) is 0 Å². The minimum atomic E-state index is -0.394. The van der Waals surface area contributed by atoms with E-state index in [2.05, 4.69) is 0 Å². The first-order chi connectivity index (χ1) is 11.0. The van der Waals surface area contributed by atoms with Crippen molar-refractivity contribution in [2.45, 2.75) is 40.7 Å². The van der Waals surface area contributed by atoms with Crippen molar-refractivity contribution in [1.82, 2.24) is 0 Å². The molecule has 0 atom stereocenters. The minimum Gasteiger partial charge on any atom is -0.490 e. The van der Waals surface area contributed by atoms with E-state index in [4.69, 9.17) is 18.9 Å². The van der Waals surface area contributed by atoms with Gasteiger partial charge in [0.2, 0.25) is 5.75 Å². The zero-order valence-electron chi connectivity index (χ0n) is 14.5. The Hall–Kier alpha value is -2.17. The molecule has 0 unspecified atom stereocenters. The molecule has 1 aromatic rings. The monoisotopic (exact) mass is 322 g/mol. The van der Waals surface area contributed by atoms with E-state index in [1.165, 1.54) is 6.08 Å². The van der Waals surface area contributed by atoms with Gasteiger partial charge in [-0.3, -0.25) is 0 Å². The number of carbonyl (C=O) groups is 1. The molecule has 0 heterocycles. The van der Waals surface area contributed by atoms with Gasteiger partial charge in [0.05, 0.1) is 25.9 Å². The highest BCUT2D eigenvalue weighted by molar-refractivity contribution is 5.88. The second kappa shape index (κ2) is 9.77. The average Bonchev–Trinajstić information content (AvgIpc) is 2.49. The van der Waals surface area contributed by atoms with Gasteiger partial charge in [-0.25, -0.2) is 4.79 Å². The maximum Gasteiger partial charge on any atom is 0.331 e. The van der Waals surface area contributed by atoms with E-state index in [0.29, 0.717) is 37.1 Å². The molecule has 0 aliphatic rings. The predicted octanol–water partition coefficient (Wildman–Crippen LogP) is 3.85. The molecule has 0 aliphatic carbocycles. The van der Waals surface area contributed by atoms with E-state index in [9.17, 15) is 4.79 Å². The van der Waals surface area contributed by atoms with Crippen LogP contribution in [0.15, 0.2) is 18.2 Å². The first kappa shape index (κ1) is 18.9. The highest BCUT2D eigenvalue weighted by Crippen LogP contribution is 2.41. The van der Waals surface area contributed by atoms with Crippen LogP contribution in [0.2, 0.25) is 0 Å². The Balaban J connectivity index is 3.17. The van der Waals surface area contributed by atoms with Crippen LogP contribution < -0.4 is 14.2 Å². The molecule has 0 fully saturated rings. The number of hydrogen-bond donors (Lipinski definition) is 0. The van der Waals surface area contributed by atoms with E-state index in [1.807, 2.05) is 32.9 Å². The fraction of sp³-hybridized carbons (Fsp3) is 0.500. The fourth-order valence-electron chi connectivity index (χ4n) is 1.96. The zero-order chi connectivity index (χ0) is 17.2. The van der Waals surface area contributed by atoms with E-state index < -0.39 is 5.97 Å². The molecule has 128 valence electrons. The number of benzene rings is 1. The van der Waals surface area contributed by atoms with Crippen LogP contribution in [0, 0.1) is 0 Å². The molecule has 23 heavy (non-hydrogen) atoms. The van der Waals surface area contributed by atoms with Crippen molar-refractivity contribution in [2.24, 2.45) is 0 Å². The van der Waals surface area contributed by atoms with Crippen molar-refractivity contribution in [1.29, 1.82) is 0 Å². The van der Waals surface area contributed by atoms with Gasteiger partial charge in [0.1, 0.15) is 0 Å². The standard InChI is InChI=1S/C18H26O5/c1-6-20-15-11-9-14(10-12-16(19)23-13(4)5)17(21-7-2)18(15)22-8-3/h9-13H,6-8H2,1-5H3. The molecule has 0 saturated heterocycles. The highest BCUT2D eigenvalue weighted by Gasteiger charge is 2.16. The third kappa shape index (κ3) is 5.85. The van der Waals surface area contributed by atoms with E-state index >= 15 is 0 Å². The van der Waals surface area contributed by atoms with Gasteiger partial charge in [0.15, 0.2) is 11.5 Å². The lowest BCUT2D eigenvalue weighted by Gasteiger charge is -2.17. The molecule has 0 aliphatic heterocycles. The number of rotatable bonds is 9. The summed E-state index contributed by atoms with van der Waals surface area (Å²) < 4.78 is 22.1. The SMILES string of the molecule is CCOc1ccc(C=CC(=O)OC(C)C)c(OCC)c1OCC. The summed E-state index contributed by atoms with van der Waals surface area (Å²) in [7, 11) is 0. The van der Waals surface area contributed by atoms with Crippen molar-refractivity contribution >= 4 is 12.0 Å². The number of carbonyl (C=O) groups excluding carboxylic acids is 1. The lowest BCUT2D eigenvalue weighted by molar-refractivity contribution is -0.141. The molecular formula is C18H26O5. The summed E-state index contributed by atoms with van der Waals surface area (Å²) in [4.78, 5) is 11.7. The molecule has 5 nitrogen and oxygen atoms in total. The topological polar surface area (TPSA) is 54.0 Å². The Kier molecular flexibility index (Phi) is 8.02. The molecule has 0 bridgehead atoms. The molecule has 5 heteroatoms.